The lowest BCUT2D eigenvalue weighted by atomic mass is 10.2. The van der Waals surface area contributed by atoms with Crippen molar-refractivity contribution in [2.24, 2.45) is 5.73 Å². The maximum absolute atomic E-state index is 9.40. The van der Waals surface area contributed by atoms with Crippen molar-refractivity contribution in [1.29, 1.82) is 0 Å². The molecule has 15 heavy (non-hydrogen) atoms. The van der Waals surface area contributed by atoms with Crippen molar-refractivity contribution in [2.45, 2.75) is 25.4 Å². The van der Waals surface area contributed by atoms with Crippen LogP contribution in [0.4, 0.5) is 0 Å². The summed E-state index contributed by atoms with van der Waals surface area (Å²) in [6.45, 7) is 0.200. The van der Waals surface area contributed by atoms with Crippen LogP contribution in [0.25, 0.3) is 0 Å². The van der Waals surface area contributed by atoms with Crippen LogP contribution in [0.2, 0.25) is 0 Å². The summed E-state index contributed by atoms with van der Waals surface area (Å²) in [4.78, 5) is 0. The zero-order valence-electron chi connectivity index (χ0n) is 8.54. The van der Waals surface area contributed by atoms with E-state index in [1.807, 2.05) is 30.3 Å². The van der Waals surface area contributed by atoms with Crippen molar-refractivity contribution in [1.82, 2.24) is 0 Å². The second kappa shape index (κ2) is 6.53. The standard InChI is InChI=1S/C11H17NO3/c12-10(7-13)6-11(14)15-8-9-4-2-1-3-5-9/h1-5,10-11,13-14H,6-8,12H2. The number of ether oxygens (including phenoxy) is 1. The van der Waals surface area contributed by atoms with Gasteiger partial charge in [0.05, 0.1) is 13.2 Å². The molecule has 0 aliphatic carbocycles. The van der Waals surface area contributed by atoms with Gasteiger partial charge in [-0.2, -0.15) is 0 Å². The highest BCUT2D eigenvalue weighted by atomic mass is 16.6. The first-order valence-electron chi connectivity index (χ1n) is 4.92. The molecular formula is C11H17NO3. The van der Waals surface area contributed by atoms with Gasteiger partial charge in [0.2, 0.25) is 0 Å². The average molecular weight is 211 g/mol. The van der Waals surface area contributed by atoms with Crippen molar-refractivity contribution >= 4 is 0 Å². The molecule has 2 atom stereocenters. The molecule has 0 amide bonds. The molecule has 4 heteroatoms. The number of hydrogen-bond donors (Lipinski definition) is 3. The van der Waals surface area contributed by atoms with Crippen LogP contribution in [0.3, 0.4) is 0 Å². The highest BCUT2D eigenvalue weighted by Crippen LogP contribution is 2.05. The van der Waals surface area contributed by atoms with E-state index in [1.165, 1.54) is 0 Å². The Morgan fingerprint density at radius 1 is 1.27 bits per heavy atom. The van der Waals surface area contributed by atoms with Crippen LogP contribution in [0, 0.1) is 0 Å². The van der Waals surface area contributed by atoms with E-state index >= 15 is 0 Å². The molecule has 0 heterocycles. The largest absolute Gasteiger partial charge is 0.395 e. The van der Waals surface area contributed by atoms with Crippen LogP contribution in [0.1, 0.15) is 12.0 Å². The first kappa shape index (κ1) is 12.1. The van der Waals surface area contributed by atoms with Crippen LogP contribution < -0.4 is 5.73 Å². The van der Waals surface area contributed by atoms with Crippen molar-refractivity contribution in [2.75, 3.05) is 6.61 Å². The minimum atomic E-state index is -0.924. The second-order valence-corrected chi connectivity index (χ2v) is 3.43. The molecule has 4 nitrogen and oxygen atoms in total. The van der Waals surface area contributed by atoms with Crippen LogP contribution in [0.5, 0.6) is 0 Å². The summed E-state index contributed by atoms with van der Waals surface area (Å²) in [6, 6.07) is 9.13. The molecule has 0 aromatic heterocycles. The third kappa shape index (κ3) is 4.90. The lowest BCUT2D eigenvalue weighted by Gasteiger charge is -2.15. The van der Waals surface area contributed by atoms with Gasteiger partial charge in [0, 0.05) is 12.5 Å². The maximum atomic E-state index is 9.40. The monoisotopic (exact) mass is 211 g/mol. The molecule has 0 bridgehead atoms. The van der Waals surface area contributed by atoms with Crippen LogP contribution >= 0.6 is 0 Å². The van der Waals surface area contributed by atoms with Crippen molar-refractivity contribution < 1.29 is 14.9 Å². The molecule has 2 unspecified atom stereocenters. The smallest absolute Gasteiger partial charge is 0.156 e. The molecule has 0 fully saturated rings. The lowest BCUT2D eigenvalue weighted by Crippen LogP contribution is -2.30. The predicted molar refractivity (Wildman–Crippen MR) is 56.9 cm³/mol. The number of aliphatic hydroxyl groups is 2. The first-order valence-corrected chi connectivity index (χ1v) is 4.92. The van der Waals surface area contributed by atoms with E-state index in [-0.39, 0.29) is 13.0 Å². The third-order valence-corrected chi connectivity index (χ3v) is 2.02. The Kier molecular flexibility index (Phi) is 5.28. The van der Waals surface area contributed by atoms with E-state index in [0.717, 1.165) is 5.56 Å². The summed E-state index contributed by atoms with van der Waals surface area (Å²) in [5.74, 6) is 0. The fourth-order valence-electron chi connectivity index (χ4n) is 1.17. The minimum absolute atomic E-state index is 0.147. The molecule has 0 spiro atoms. The van der Waals surface area contributed by atoms with Crippen LogP contribution in [0.15, 0.2) is 30.3 Å². The quantitative estimate of drug-likeness (QED) is 0.589. The van der Waals surface area contributed by atoms with Gasteiger partial charge in [0.25, 0.3) is 0 Å². The molecule has 1 aromatic rings. The molecule has 1 rings (SSSR count). The van der Waals surface area contributed by atoms with Crippen LogP contribution in [-0.2, 0) is 11.3 Å². The fourth-order valence-corrected chi connectivity index (χ4v) is 1.17. The average Bonchev–Trinajstić information content (AvgIpc) is 2.27. The van der Waals surface area contributed by atoms with E-state index in [2.05, 4.69) is 0 Å². The van der Waals surface area contributed by atoms with Gasteiger partial charge in [-0.05, 0) is 5.56 Å². The first-order chi connectivity index (χ1) is 7.22. The van der Waals surface area contributed by atoms with Gasteiger partial charge in [0.1, 0.15) is 0 Å². The Bertz CT molecular complexity index is 266. The molecule has 4 N–H and O–H groups in total. The molecule has 0 aliphatic rings. The van der Waals surface area contributed by atoms with Gasteiger partial charge in [-0.25, -0.2) is 0 Å². The third-order valence-electron chi connectivity index (χ3n) is 2.02. The number of benzene rings is 1. The van der Waals surface area contributed by atoms with Gasteiger partial charge in [-0.15, -0.1) is 0 Å². The van der Waals surface area contributed by atoms with Crippen molar-refractivity contribution in [3.8, 4) is 0 Å². The summed E-state index contributed by atoms with van der Waals surface area (Å²) < 4.78 is 5.16. The van der Waals surface area contributed by atoms with Gasteiger partial charge in [0.15, 0.2) is 6.29 Å². The molecule has 1 aromatic carbocycles. The van der Waals surface area contributed by atoms with Gasteiger partial charge < -0.3 is 20.7 Å². The summed E-state index contributed by atoms with van der Waals surface area (Å²) in [7, 11) is 0. The van der Waals surface area contributed by atoms with Crippen molar-refractivity contribution in [3.05, 3.63) is 35.9 Å². The van der Waals surface area contributed by atoms with E-state index in [0.29, 0.717) is 6.61 Å². The van der Waals surface area contributed by atoms with E-state index in [1.54, 1.807) is 0 Å². The Labute approximate surface area is 89.3 Å². The predicted octanol–water partition coefficient (Wildman–Crippen LogP) is 0.231. The fraction of sp³-hybridized carbons (Fsp3) is 0.455. The Morgan fingerprint density at radius 3 is 2.53 bits per heavy atom. The Hall–Kier alpha value is -0.940. The summed E-state index contributed by atoms with van der Waals surface area (Å²) in [5, 5.41) is 18.1. The van der Waals surface area contributed by atoms with E-state index in [4.69, 9.17) is 15.6 Å². The summed E-state index contributed by atoms with van der Waals surface area (Å²) >= 11 is 0. The normalized spacial score (nSPS) is 14.9. The minimum Gasteiger partial charge on any atom is -0.395 e. The molecular weight excluding hydrogens is 194 g/mol. The van der Waals surface area contributed by atoms with E-state index < -0.39 is 12.3 Å². The molecule has 0 radical (unpaired) electrons. The van der Waals surface area contributed by atoms with Gasteiger partial charge >= 0.3 is 0 Å². The number of nitrogens with two attached hydrogens (primary N) is 1. The Balaban J connectivity index is 2.25. The van der Waals surface area contributed by atoms with Crippen molar-refractivity contribution in [3.63, 3.8) is 0 Å². The maximum Gasteiger partial charge on any atom is 0.156 e. The molecule has 0 saturated heterocycles. The van der Waals surface area contributed by atoms with Crippen LogP contribution in [-0.4, -0.2) is 29.2 Å². The molecule has 0 aliphatic heterocycles. The lowest BCUT2D eigenvalue weighted by molar-refractivity contribution is -0.116. The van der Waals surface area contributed by atoms with E-state index in [9.17, 15) is 5.11 Å². The zero-order chi connectivity index (χ0) is 11.1. The number of aliphatic hydroxyl groups excluding tert-OH is 2. The summed E-state index contributed by atoms with van der Waals surface area (Å²) in [5.41, 5.74) is 6.45. The molecule has 0 saturated carbocycles. The second-order valence-electron chi connectivity index (χ2n) is 3.43. The number of hydrogen-bond acceptors (Lipinski definition) is 4. The highest BCUT2D eigenvalue weighted by molar-refractivity contribution is 5.13. The molecule has 84 valence electrons. The zero-order valence-corrected chi connectivity index (χ0v) is 8.54. The van der Waals surface area contributed by atoms with Gasteiger partial charge in [-0.1, -0.05) is 30.3 Å². The number of rotatable bonds is 6. The summed E-state index contributed by atoms with van der Waals surface area (Å²) in [6.07, 6.45) is -0.684. The Morgan fingerprint density at radius 2 is 1.93 bits per heavy atom. The topological polar surface area (TPSA) is 75.7 Å². The van der Waals surface area contributed by atoms with Gasteiger partial charge in [-0.3, -0.25) is 0 Å². The SMILES string of the molecule is NC(CO)CC(O)OCc1ccccc1. The highest BCUT2D eigenvalue weighted by Gasteiger charge is 2.09.